The van der Waals surface area contributed by atoms with Crippen LogP contribution in [0, 0.1) is 0 Å². The highest BCUT2D eigenvalue weighted by Crippen LogP contribution is 2.17. The molecule has 4 N–H and O–H groups in total. The van der Waals surface area contributed by atoms with Gasteiger partial charge < -0.3 is 11.5 Å². The van der Waals surface area contributed by atoms with Crippen molar-refractivity contribution < 1.29 is 0 Å². The van der Waals surface area contributed by atoms with E-state index in [1.54, 1.807) is 0 Å². The zero-order valence-corrected chi connectivity index (χ0v) is 12.2. The molecule has 3 aromatic rings. The second kappa shape index (κ2) is 8.20. The molecule has 0 spiro atoms. The van der Waals surface area contributed by atoms with Crippen molar-refractivity contribution >= 4 is 10.8 Å². The molecule has 3 rings (SSSR count). The van der Waals surface area contributed by atoms with E-state index in [9.17, 15) is 0 Å². The van der Waals surface area contributed by atoms with Crippen LogP contribution >= 0.6 is 0 Å². The van der Waals surface area contributed by atoms with Gasteiger partial charge >= 0.3 is 0 Å². The molecule has 108 valence electrons. The minimum Gasteiger partial charge on any atom is -0.330 e. The second-order valence-electron chi connectivity index (χ2n) is 4.87. The maximum atomic E-state index is 5.62. The summed E-state index contributed by atoms with van der Waals surface area (Å²) in [6.07, 6.45) is 0.987. The zero-order chi connectivity index (χ0) is 14.9. The predicted molar refractivity (Wildman–Crippen MR) is 91.0 cm³/mol. The molecule has 0 amide bonds. The molecule has 3 aromatic carbocycles. The topological polar surface area (TPSA) is 52.0 Å². The number of benzene rings is 3. The third-order valence-corrected chi connectivity index (χ3v) is 3.38. The van der Waals surface area contributed by atoms with Crippen LogP contribution in [0.5, 0.6) is 0 Å². The summed E-state index contributed by atoms with van der Waals surface area (Å²) in [5, 5.41) is 2.53. The van der Waals surface area contributed by atoms with E-state index in [1.165, 1.54) is 21.9 Å². The lowest BCUT2D eigenvalue weighted by molar-refractivity contribution is 0.969. The van der Waals surface area contributed by atoms with Gasteiger partial charge in [-0.1, -0.05) is 72.8 Å². The fourth-order valence-corrected chi connectivity index (χ4v) is 2.28. The molecule has 2 heteroatoms. The highest BCUT2D eigenvalue weighted by Gasteiger charge is 1.95. The van der Waals surface area contributed by atoms with E-state index < -0.39 is 0 Å². The molecule has 0 saturated carbocycles. The van der Waals surface area contributed by atoms with Gasteiger partial charge in [0.2, 0.25) is 0 Å². The fourth-order valence-electron chi connectivity index (χ4n) is 2.28. The molecule has 0 unspecified atom stereocenters. The molecule has 0 heterocycles. The van der Waals surface area contributed by atoms with E-state index in [0.29, 0.717) is 6.54 Å². The van der Waals surface area contributed by atoms with Crippen LogP contribution in [-0.4, -0.2) is 6.54 Å². The monoisotopic (exact) mass is 278 g/mol. The molecule has 2 nitrogen and oxygen atoms in total. The van der Waals surface area contributed by atoms with Gasteiger partial charge in [-0.05, 0) is 34.9 Å². The van der Waals surface area contributed by atoms with Gasteiger partial charge in [0.1, 0.15) is 0 Å². The van der Waals surface area contributed by atoms with Crippen molar-refractivity contribution in [1.29, 1.82) is 0 Å². The lowest BCUT2D eigenvalue weighted by Gasteiger charge is -2.02. The Hall–Kier alpha value is -2.16. The largest absolute Gasteiger partial charge is 0.330 e. The number of hydrogen-bond acceptors (Lipinski definition) is 2. The Bertz CT molecular complexity index is 657. The number of hydrogen-bond donors (Lipinski definition) is 2. The Kier molecular flexibility index (Phi) is 5.95. The highest BCUT2D eigenvalue weighted by atomic mass is 14.5. The minimum absolute atomic E-state index is 0.612. The molecule has 0 aliphatic carbocycles. The summed E-state index contributed by atoms with van der Waals surface area (Å²) in [5.41, 5.74) is 13.5. The van der Waals surface area contributed by atoms with Gasteiger partial charge in [0.05, 0.1) is 0 Å². The van der Waals surface area contributed by atoms with Gasteiger partial charge in [-0.25, -0.2) is 0 Å². The summed E-state index contributed by atoms with van der Waals surface area (Å²) >= 11 is 0. The summed E-state index contributed by atoms with van der Waals surface area (Å²) in [7, 11) is 0. The number of nitrogens with two attached hydrogens (primary N) is 2. The van der Waals surface area contributed by atoms with Crippen molar-refractivity contribution in [2.45, 2.75) is 13.0 Å². The smallest absolute Gasteiger partial charge is 0.0184 e. The van der Waals surface area contributed by atoms with E-state index in [2.05, 4.69) is 36.4 Å². The molecular weight excluding hydrogens is 256 g/mol. The van der Waals surface area contributed by atoms with Gasteiger partial charge in [0, 0.05) is 6.54 Å². The Morgan fingerprint density at radius 3 is 2.05 bits per heavy atom. The van der Waals surface area contributed by atoms with Crippen molar-refractivity contribution in [1.82, 2.24) is 0 Å². The van der Waals surface area contributed by atoms with Crippen LogP contribution < -0.4 is 11.5 Å². The van der Waals surface area contributed by atoms with Crippen LogP contribution in [0.3, 0.4) is 0 Å². The third kappa shape index (κ3) is 4.42. The Labute approximate surface area is 126 Å². The summed E-state index contributed by atoms with van der Waals surface area (Å²) in [6.45, 7) is 1.35. The van der Waals surface area contributed by atoms with Crippen molar-refractivity contribution in [3.05, 3.63) is 83.9 Å². The first-order chi connectivity index (χ1) is 10.3. The molecule has 0 aliphatic heterocycles. The Morgan fingerprint density at radius 2 is 1.33 bits per heavy atom. The molecule has 0 aromatic heterocycles. The van der Waals surface area contributed by atoms with Crippen LogP contribution in [0.1, 0.15) is 11.1 Å². The summed E-state index contributed by atoms with van der Waals surface area (Å²) in [6, 6.07) is 24.8. The molecule has 0 radical (unpaired) electrons. The van der Waals surface area contributed by atoms with Crippen LogP contribution in [0.25, 0.3) is 10.8 Å². The predicted octanol–water partition coefficient (Wildman–Crippen LogP) is 3.49. The maximum absolute atomic E-state index is 5.62. The lowest BCUT2D eigenvalue weighted by atomic mass is 10.1. The second-order valence-corrected chi connectivity index (χ2v) is 4.87. The average molecular weight is 278 g/mol. The number of rotatable bonds is 3. The van der Waals surface area contributed by atoms with E-state index in [-0.39, 0.29) is 0 Å². The van der Waals surface area contributed by atoms with Crippen LogP contribution in [0.4, 0.5) is 0 Å². The quantitative estimate of drug-likeness (QED) is 0.770. The zero-order valence-electron chi connectivity index (χ0n) is 12.2. The SMILES string of the molecule is NCCc1ccccc1.NCc1cccc2ccccc12. The van der Waals surface area contributed by atoms with E-state index in [4.69, 9.17) is 11.5 Å². The van der Waals surface area contributed by atoms with E-state index in [1.807, 2.05) is 36.4 Å². The first-order valence-corrected chi connectivity index (χ1v) is 7.26. The normalized spacial score (nSPS) is 10.0. The summed E-state index contributed by atoms with van der Waals surface area (Å²) < 4.78 is 0. The van der Waals surface area contributed by atoms with Crippen LogP contribution in [-0.2, 0) is 13.0 Å². The van der Waals surface area contributed by atoms with Crippen molar-refractivity contribution in [2.24, 2.45) is 11.5 Å². The van der Waals surface area contributed by atoms with Crippen molar-refractivity contribution in [3.8, 4) is 0 Å². The minimum atomic E-state index is 0.612. The molecule has 0 fully saturated rings. The van der Waals surface area contributed by atoms with Gasteiger partial charge in [0.25, 0.3) is 0 Å². The van der Waals surface area contributed by atoms with Gasteiger partial charge in [0.15, 0.2) is 0 Å². The molecule has 0 bridgehead atoms. The van der Waals surface area contributed by atoms with Crippen molar-refractivity contribution in [3.63, 3.8) is 0 Å². The lowest BCUT2D eigenvalue weighted by Crippen LogP contribution is -2.01. The highest BCUT2D eigenvalue weighted by molar-refractivity contribution is 5.85. The van der Waals surface area contributed by atoms with Gasteiger partial charge in [-0.3, -0.25) is 0 Å². The standard InChI is InChI=1S/C11H11N.C8H11N/c12-8-10-6-3-5-9-4-1-2-7-11(9)10;9-7-6-8-4-2-1-3-5-8/h1-7H,8,12H2;1-5H,6-7,9H2. The maximum Gasteiger partial charge on any atom is 0.0184 e. The van der Waals surface area contributed by atoms with Gasteiger partial charge in [-0.2, -0.15) is 0 Å². The molecule has 0 saturated heterocycles. The van der Waals surface area contributed by atoms with Crippen LogP contribution in [0.2, 0.25) is 0 Å². The molecule has 21 heavy (non-hydrogen) atoms. The first-order valence-electron chi connectivity index (χ1n) is 7.26. The molecule has 0 aliphatic rings. The van der Waals surface area contributed by atoms with Crippen molar-refractivity contribution in [2.75, 3.05) is 6.54 Å². The Morgan fingerprint density at radius 1 is 0.667 bits per heavy atom. The fraction of sp³-hybridized carbons (Fsp3) is 0.158. The molecular formula is C19H22N2. The van der Waals surface area contributed by atoms with E-state index >= 15 is 0 Å². The first kappa shape index (κ1) is 15.2. The number of fused-ring (bicyclic) bond motifs is 1. The molecule has 0 atom stereocenters. The van der Waals surface area contributed by atoms with E-state index in [0.717, 1.165) is 13.0 Å². The average Bonchev–Trinajstić information content (AvgIpc) is 2.56. The third-order valence-electron chi connectivity index (χ3n) is 3.38. The Balaban J connectivity index is 0.000000161. The summed E-state index contributed by atoms with van der Waals surface area (Å²) in [4.78, 5) is 0. The van der Waals surface area contributed by atoms with Crippen LogP contribution in [0.15, 0.2) is 72.8 Å². The van der Waals surface area contributed by atoms with Gasteiger partial charge in [-0.15, -0.1) is 0 Å². The summed E-state index contributed by atoms with van der Waals surface area (Å²) in [5.74, 6) is 0.